The van der Waals surface area contributed by atoms with Gasteiger partial charge in [0.05, 0.1) is 0 Å². The molecule has 1 fully saturated rings. The van der Waals surface area contributed by atoms with Crippen LogP contribution in [-0.4, -0.2) is 144 Å². The number of benzene rings is 3. The molecule has 4 rings (SSSR count). The van der Waals surface area contributed by atoms with Crippen LogP contribution in [0.4, 0.5) is 0 Å². The Morgan fingerprint density at radius 2 is 0.568 bits per heavy atom. The molecule has 0 radical (unpaired) electrons. The van der Waals surface area contributed by atoms with Crippen LogP contribution in [0.5, 0.6) is 0 Å². The Balaban J connectivity index is 1.94. The first kappa shape index (κ1) is 60.0. The highest BCUT2D eigenvalue weighted by Gasteiger charge is 2.43. The smallest absolute Gasteiger partial charge is 0.329 e. The van der Waals surface area contributed by atoms with Gasteiger partial charge in [0.25, 0.3) is 23.6 Å². The molecule has 0 aliphatic carbocycles. The summed E-state index contributed by atoms with van der Waals surface area (Å²) in [7, 11) is 5.62. The molecule has 1 aliphatic rings. The van der Waals surface area contributed by atoms with Crippen molar-refractivity contribution in [1.82, 2.24) is 19.6 Å². The van der Waals surface area contributed by atoms with Crippen molar-refractivity contribution in [3.05, 3.63) is 108 Å². The molecule has 1 heterocycles. The lowest BCUT2D eigenvalue weighted by atomic mass is 9.99. The maximum Gasteiger partial charge on any atom is 0.329 e. The fourth-order valence-corrected chi connectivity index (χ4v) is 9.00. The van der Waals surface area contributed by atoms with E-state index in [-0.39, 0.29) is 68.6 Å². The van der Waals surface area contributed by atoms with Crippen molar-refractivity contribution in [2.75, 3.05) is 28.2 Å². The van der Waals surface area contributed by atoms with Crippen LogP contribution in [0.2, 0.25) is 0 Å². The van der Waals surface area contributed by atoms with Crippen LogP contribution in [0, 0.1) is 23.7 Å². The second-order valence-corrected chi connectivity index (χ2v) is 21.3. The van der Waals surface area contributed by atoms with E-state index in [2.05, 4.69) is 0 Å². The first-order chi connectivity index (χ1) is 34.9. The number of likely N-dealkylation sites (N-methyl/N-ethyl adjacent to an activating group) is 4. The number of amides is 4. The average molecular weight is 1030 g/mol. The van der Waals surface area contributed by atoms with E-state index in [0.29, 0.717) is 16.7 Å². The summed E-state index contributed by atoms with van der Waals surface area (Å²) in [4.78, 5) is 122. The minimum absolute atomic E-state index is 0.0879. The highest BCUT2D eigenvalue weighted by atomic mass is 16.6. The largest absolute Gasteiger partial charge is 0.451 e. The zero-order valence-electron chi connectivity index (χ0n) is 45.7. The lowest BCUT2D eigenvalue weighted by molar-refractivity contribution is -0.176. The number of nitrogens with zero attached hydrogens (tertiary/aromatic N) is 4. The molecule has 0 spiro atoms. The molecule has 4 amide bonds. The van der Waals surface area contributed by atoms with E-state index < -0.39 is 96.1 Å². The average Bonchev–Trinajstić information content (AvgIpc) is 3.35. The quantitative estimate of drug-likeness (QED) is 0.121. The number of esters is 4. The standard InChI is InChI=1S/C58H80N4O12/c1-36(2)29-44-55(67)71-40(9)51(63)59(10)45(30-37(3)4)56(68)72-49(34-42-25-19-15-20-26-42)53(65)61(12)47(32-39(7)8)58(70)74-50(35-43-27-21-16-22-28-43)54(66)62(13)46(31-38(5)6)57(69)73-48(52(64)60(44)11)33-41-23-17-14-18-24-41/h14-28,36-40,44-50H,29-35H2,1-13H3. The van der Waals surface area contributed by atoms with Gasteiger partial charge in [-0.25, -0.2) is 19.2 Å². The van der Waals surface area contributed by atoms with Gasteiger partial charge in [-0.2, -0.15) is 0 Å². The first-order valence-electron chi connectivity index (χ1n) is 25.9. The van der Waals surface area contributed by atoms with Gasteiger partial charge in [0, 0.05) is 47.5 Å². The van der Waals surface area contributed by atoms with Crippen molar-refractivity contribution in [2.24, 2.45) is 23.7 Å². The second-order valence-electron chi connectivity index (χ2n) is 21.3. The van der Waals surface area contributed by atoms with E-state index >= 15 is 4.79 Å². The topological polar surface area (TPSA) is 186 Å². The normalized spacial score (nSPS) is 24.1. The molecule has 16 heteroatoms. The van der Waals surface area contributed by atoms with Gasteiger partial charge in [-0.15, -0.1) is 0 Å². The molecule has 1 aliphatic heterocycles. The molecular weight excluding hydrogens is 945 g/mol. The Morgan fingerprint density at radius 3 is 0.797 bits per heavy atom. The number of carbonyl (C=O) groups is 8. The molecule has 0 bridgehead atoms. The summed E-state index contributed by atoms with van der Waals surface area (Å²) >= 11 is 0. The summed E-state index contributed by atoms with van der Waals surface area (Å²) < 4.78 is 24.4. The van der Waals surface area contributed by atoms with Gasteiger partial charge >= 0.3 is 23.9 Å². The predicted octanol–water partition coefficient (Wildman–Crippen LogP) is 6.89. The van der Waals surface area contributed by atoms with E-state index in [9.17, 15) is 33.6 Å². The Morgan fingerprint density at radius 1 is 0.351 bits per heavy atom. The lowest BCUT2D eigenvalue weighted by Gasteiger charge is -2.36. The van der Waals surface area contributed by atoms with E-state index in [4.69, 9.17) is 18.9 Å². The lowest BCUT2D eigenvalue weighted by Crippen LogP contribution is -2.55. The van der Waals surface area contributed by atoms with Crippen molar-refractivity contribution in [3.8, 4) is 0 Å². The van der Waals surface area contributed by atoms with Crippen LogP contribution in [-0.2, 0) is 76.6 Å². The van der Waals surface area contributed by atoms with Crippen molar-refractivity contribution in [1.29, 1.82) is 0 Å². The molecule has 3 aromatic rings. The summed E-state index contributed by atoms with van der Waals surface area (Å²) in [6.07, 6.45) is -5.88. The molecule has 74 heavy (non-hydrogen) atoms. The van der Waals surface area contributed by atoms with Crippen molar-refractivity contribution in [3.63, 3.8) is 0 Å². The number of hydrogen-bond acceptors (Lipinski definition) is 12. The number of rotatable bonds is 14. The number of cyclic esters (lactones) is 4. The first-order valence-corrected chi connectivity index (χ1v) is 25.9. The highest BCUT2D eigenvalue weighted by Crippen LogP contribution is 2.25. The van der Waals surface area contributed by atoms with E-state index in [0.717, 1.165) is 9.80 Å². The minimum Gasteiger partial charge on any atom is -0.451 e. The molecule has 0 aromatic heterocycles. The van der Waals surface area contributed by atoms with Crippen molar-refractivity contribution < 1.29 is 57.3 Å². The van der Waals surface area contributed by atoms with Crippen LogP contribution < -0.4 is 0 Å². The van der Waals surface area contributed by atoms with Gasteiger partial charge in [0.2, 0.25) is 0 Å². The van der Waals surface area contributed by atoms with Gasteiger partial charge in [-0.3, -0.25) is 19.2 Å². The van der Waals surface area contributed by atoms with E-state index in [1.165, 1.54) is 44.9 Å². The van der Waals surface area contributed by atoms with Gasteiger partial charge in [-0.05, 0) is 73.0 Å². The molecule has 8 atom stereocenters. The minimum atomic E-state index is -1.51. The molecule has 3 aromatic carbocycles. The fourth-order valence-electron chi connectivity index (χ4n) is 9.00. The van der Waals surface area contributed by atoms with Crippen molar-refractivity contribution >= 4 is 47.5 Å². The molecule has 16 nitrogen and oxygen atoms in total. The van der Waals surface area contributed by atoms with Gasteiger partial charge in [-0.1, -0.05) is 146 Å². The van der Waals surface area contributed by atoms with Crippen LogP contribution >= 0.6 is 0 Å². The summed E-state index contributed by atoms with van der Waals surface area (Å²) in [6.45, 7) is 16.2. The summed E-state index contributed by atoms with van der Waals surface area (Å²) in [5.41, 5.74) is 1.93. The molecule has 0 saturated carbocycles. The van der Waals surface area contributed by atoms with E-state index in [1.54, 1.807) is 91.0 Å². The van der Waals surface area contributed by atoms with Crippen LogP contribution in [0.1, 0.15) is 105 Å². The van der Waals surface area contributed by atoms with E-state index in [1.807, 2.05) is 55.4 Å². The summed E-state index contributed by atoms with van der Waals surface area (Å²) in [5, 5.41) is 0. The van der Waals surface area contributed by atoms with Gasteiger partial charge < -0.3 is 38.5 Å². The second kappa shape index (κ2) is 28.2. The van der Waals surface area contributed by atoms with Crippen LogP contribution in [0.3, 0.4) is 0 Å². The summed E-state index contributed by atoms with van der Waals surface area (Å²) in [5.74, 6) is -7.25. The third-order valence-corrected chi connectivity index (χ3v) is 13.2. The molecule has 8 unspecified atom stereocenters. The predicted molar refractivity (Wildman–Crippen MR) is 280 cm³/mol. The molecule has 0 N–H and O–H groups in total. The third kappa shape index (κ3) is 17.3. The third-order valence-electron chi connectivity index (χ3n) is 13.2. The van der Waals surface area contributed by atoms with Crippen molar-refractivity contribution in [2.45, 2.75) is 156 Å². The molecular formula is C58H80N4O12. The van der Waals surface area contributed by atoms with Gasteiger partial charge in [0.15, 0.2) is 24.4 Å². The maximum absolute atomic E-state index is 15.0. The number of hydrogen-bond donors (Lipinski definition) is 0. The Bertz CT molecular complexity index is 2290. The SMILES string of the molecule is CC(C)CC1C(=O)OC(Cc2ccccc2)C(=O)N(C)C(CC(C)C)C(=O)OC(Cc2ccccc2)C(=O)N(C)C(CC(C)C)C(=O)OC(Cc2ccccc2)C(=O)N(C)C(CC(C)C)C(=O)OC(C)C(=O)N1C. The monoisotopic (exact) mass is 1020 g/mol. The Kier molecular flexibility index (Phi) is 22.8. The fraction of sp³-hybridized carbons (Fsp3) is 0.552. The molecule has 404 valence electrons. The van der Waals surface area contributed by atoms with Crippen LogP contribution in [0.25, 0.3) is 0 Å². The highest BCUT2D eigenvalue weighted by molar-refractivity contribution is 5.94. The summed E-state index contributed by atoms with van der Waals surface area (Å²) in [6, 6.07) is 21.6. The zero-order chi connectivity index (χ0) is 55.0. The Labute approximate surface area is 438 Å². The van der Waals surface area contributed by atoms with Crippen LogP contribution in [0.15, 0.2) is 91.0 Å². The maximum atomic E-state index is 15.0. The zero-order valence-corrected chi connectivity index (χ0v) is 45.7. The Hall–Kier alpha value is -6.58. The number of carbonyl (C=O) groups excluding carboxylic acids is 8. The molecule has 1 saturated heterocycles. The van der Waals surface area contributed by atoms with Gasteiger partial charge in [0.1, 0.15) is 24.2 Å². The number of ether oxygens (including phenoxy) is 4.